The Hall–Kier alpha value is -0.143. The van der Waals surface area contributed by atoms with Gasteiger partial charge in [-0.05, 0) is 0 Å². The van der Waals surface area contributed by atoms with Crippen molar-refractivity contribution < 1.29 is 0 Å². The minimum absolute atomic E-state index is 1.15. The number of thiophene rings is 1. The van der Waals surface area contributed by atoms with Crippen LogP contribution in [0.1, 0.15) is 4.88 Å². The maximum atomic E-state index is 2.96. The zero-order chi connectivity index (χ0) is 5.82. The Balaban J connectivity index is 2.88. The van der Waals surface area contributed by atoms with E-state index < -0.39 is 0 Å². The van der Waals surface area contributed by atoms with E-state index in [0.29, 0.717) is 0 Å². The van der Waals surface area contributed by atoms with E-state index in [1.807, 2.05) is 35.2 Å². The van der Waals surface area contributed by atoms with Gasteiger partial charge in [0.2, 0.25) is 0 Å². The first-order valence-corrected chi connectivity index (χ1v) is 3.27. The quantitative estimate of drug-likeness (QED) is 0.351. The molecule has 0 N–H and O–H groups in total. The van der Waals surface area contributed by atoms with Crippen molar-refractivity contribution in [2.45, 2.75) is 0 Å². The average Bonchev–Trinajstić information content (AvgIpc) is 2.19. The van der Waals surface area contributed by atoms with E-state index in [9.17, 15) is 0 Å². The third-order valence-electron chi connectivity index (χ3n) is 0.769. The normalized spacial score (nSPS) is 7.75. The van der Waals surface area contributed by atoms with Crippen LogP contribution in [0.3, 0.4) is 0 Å². The molecule has 1 aromatic heterocycles. The first kappa shape index (κ1) is 5.98. The molecule has 0 fully saturated rings. The standard InChI is InChI=1S/C6H3S.Li/c1-2-6-4-3-5-7-6;/h3-5H;. The molecule has 8 heavy (non-hydrogen) atoms. The summed E-state index contributed by atoms with van der Waals surface area (Å²) in [6.45, 7) is 0. The minimum atomic E-state index is 1.15. The van der Waals surface area contributed by atoms with Crippen LogP contribution in [0.4, 0.5) is 0 Å². The van der Waals surface area contributed by atoms with Gasteiger partial charge in [0.1, 0.15) is 0 Å². The molecule has 0 saturated carbocycles. The van der Waals surface area contributed by atoms with E-state index in [-0.39, 0.29) is 0 Å². The third kappa shape index (κ3) is 1.42. The Labute approximate surface area is 62.1 Å². The molecule has 0 spiro atoms. The molecule has 34 valence electrons. The summed E-state index contributed by atoms with van der Waals surface area (Å²) in [5.41, 5.74) is 0. The van der Waals surface area contributed by atoms with Gasteiger partial charge in [0.15, 0.2) is 0 Å². The van der Waals surface area contributed by atoms with Crippen LogP contribution < -0.4 is 0 Å². The summed E-state index contributed by atoms with van der Waals surface area (Å²) in [4.78, 5) is 1.15. The molecule has 1 heterocycles. The van der Waals surface area contributed by atoms with Gasteiger partial charge in [-0.15, -0.1) is 0 Å². The first-order valence-electron chi connectivity index (χ1n) is 2.40. The fourth-order valence-electron chi connectivity index (χ4n) is 0.473. The molecular weight excluding hydrogens is 111 g/mol. The molecule has 0 bridgehead atoms. The van der Waals surface area contributed by atoms with Gasteiger partial charge < -0.3 is 0 Å². The second-order valence-corrected chi connectivity index (χ2v) is 2.30. The molecule has 0 unspecified atom stereocenters. The van der Waals surface area contributed by atoms with Crippen molar-refractivity contribution in [2.24, 2.45) is 0 Å². The van der Waals surface area contributed by atoms with E-state index >= 15 is 0 Å². The van der Waals surface area contributed by atoms with Crippen molar-refractivity contribution in [1.29, 1.82) is 0 Å². The van der Waals surface area contributed by atoms with E-state index in [1.165, 1.54) is 0 Å². The van der Waals surface area contributed by atoms with Crippen LogP contribution in [0.5, 0.6) is 0 Å². The summed E-state index contributed by atoms with van der Waals surface area (Å²) in [5, 5.41) is 2.03. The molecule has 1 aromatic rings. The molecule has 0 aromatic carbocycles. The Kier molecular flexibility index (Phi) is 2.24. The number of hydrogen-bond donors (Lipinski definition) is 0. The average molecular weight is 114 g/mol. The fourth-order valence-corrected chi connectivity index (χ4v) is 1.09. The van der Waals surface area contributed by atoms with Gasteiger partial charge in [-0.3, -0.25) is 0 Å². The molecule has 1 rings (SSSR count). The molecule has 2 heteroatoms. The Morgan fingerprint density at radius 1 is 1.62 bits per heavy atom. The number of hydrogen-bond acceptors (Lipinski definition) is 1. The van der Waals surface area contributed by atoms with Crippen LogP contribution in [0, 0.1) is 10.5 Å². The first-order chi connectivity index (χ1) is 3.93. The summed E-state index contributed by atoms with van der Waals surface area (Å²) in [7, 11) is 0. The monoisotopic (exact) mass is 114 g/mol. The van der Waals surface area contributed by atoms with Crippen LogP contribution in [-0.4, -0.2) is 17.7 Å². The zero-order valence-corrected chi connectivity index (χ0v) is 5.46. The molecule has 0 aliphatic carbocycles. The molecule has 0 nitrogen and oxygen atoms in total. The number of rotatable bonds is 0. The van der Waals surface area contributed by atoms with Gasteiger partial charge in [-0.25, -0.2) is 0 Å². The second-order valence-electron chi connectivity index (χ2n) is 1.35. The van der Waals surface area contributed by atoms with Crippen LogP contribution in [-0.2, 0) is 0 Å². The predicted octanol–water partition coefficient (Wildman–Crippen LogP) is 1.23. The van der Waals surface area contributed by atoms with Gasteiger partial charge in [-0.1, -0.05) is 0 Å². The summed E-state index contributed by atoms with van der Waals surface area (Å²) in [6.07, 6.45) is 0. The molecular formula is C6H3LiS. The van der Waals surface area contributed by atoms with E-state index in [2.05, 4.69) is 10.5 Å². The van der Waals surface area contributed by atoms with Crippen LogP contribution in [0.25, 0.3) is 0 Å². The van der Waals surface area contributed by atoms with Crippen molar-refractivity contribution in [3.63, 3.8) is 0 Å². The summed E-state index contributed by atoms with van der Waals surface area (Å²) in [5.74, 6) is 2.96. The summed E-state index contributed by atoms with van der Waals surface area (Å²) in [6, 6.07) is 4.02. The Morgan fingerprint density at radius 3 is 3.00 bits per heavy atom. The molecule has 0 atom stereocenters. The van der Waals surface area contributed by atoms with E-state index in [1.54, 1.807) is 11.3 Å². The molecule has 0 aliphatic rings. The topological polar surface area (TPSA) is 0 Å². The van der Waals surface area contributed by atoms with E-state index in [0.717, 1.165) is 4.88 Å². The zero-order valence-electron chi connectivity index (χ0n) is 4.64. The molecule has 0 radical (unpaired) electrons. The Bertz CT molecular complexity index is 202. The van der Waals surface area contributed by atoms with E-state index in [4.69, 9.17) is 0 Å². The second kappa shape index (κ2) is 3.00. The molecule has 0 saturated heterocycles. The van der Waals surface area contributed by atoms with Gasteiger partial charge in [-0.2, -0.15) is 0 Å². The van der Waals surface area contributed by atoms with Crippen molar-refractivity contribution in [1.82, 2.24) is 0 Å². The maximum absolute atomic E-state index is 2.96. The van der Waals surface area contributed by atoms with Crippen molar-refractivity contribution in [3.8, 4) is 10.5 Å². The van der Waals surface area contributed by atoms with Crippen LogP contribution in [0.15, 0.2) is 17.5 Å². The van der Waals surface area contributed by atoms with Gasteiger partial charge in [0, 0.05) is 0 Å². The predicted molar refractivity (Wildman–Crippen MR) is 37.0 cm³/mol. The van der Waals surface area contributed by atoms with Crippen molar-refractivity contribution in [2.75, 3.05) is 0 Å². The third-order valence-corrected chi connectivity index (χ3v) is 1.55. The SMILES string of the molecule is [Li][C]#Cc1cccs1. The Morgan fingerprint density at radius 2 is 2.50 bits per heavy atom. The summed E-state index contributed by atoms with van der Waals surface area (Å²) >= 11 is 3.52. The summed E-state index contributed by atoms with van der Waals surface area (Å²) < 4.78 is 2.83. The van der Waals surface area contributed by atoms with Gasteiger partial charge >= 0.3 is 62.0 Å². The van der Waals surface area contributed by atoms with Crippen molar-refractivity contribution >= 4 is 29.1 Å². The molecule has 0 amide bonds. The van der Waals surface area contributed by atoms with Crippen LogP contribution >= 0.6 is 11.3 Å². The van der Waals surface area contributed by atoms with Gasteiger partial charge in [0.25, 0.3) is 0 Å². The molecule has 0 aliphatic heterocycles. The van der Waals surface area contributed by atoms with Crippen molar-refractivity contribution in [3.05, 3.63) is 22.4 Å². The van der Waals surface area contributed by atoms with Crippen LogP contribution in [0.2, 0.25) is 0 Å². The van der Waals surface area contributed by atoms with Gasteiger partial charge in [0.05, 0.1) is 0 Å². The fraction of sp³-hybridized carbons (Fsp3) is 0.